The van der Waals surface area contributed by atoms with Crippen LogP contribution < -0.4 is 9.47 Å². The van der Waals surface area contributed by atoms with Crippen LogP contribution >= 0.6 is 0 Å². The number of hydrogen-bond acceptors (Lipinski definition) is 7. The summed E-state index contributed by atoms with van der Waals surface area (Å²) >= 11 is 0. The van der Waals surface area contributed by atoms with Crippen LogP contribution in [0.5, 0.6) is 17.5 Å². The summed E-state index contributed by atoms with van der Waals surface area (Å²) in [7, 11) is 3.08. The Morgan fingerprint density at radius 3 is 2.76 bits per heavy atom. The molecule has 0 saturated heterocycles. The highest BCUT2D eigenvalue weighted by molar-refractivity contribution is 5.90. The Balaban J connectivity index is 1.83. The molecule has 0 amide bonds. The molecule has 0 aromatic carbocycles. The molecule has 0 atom stereocenters. The smallest absolute Gasteiger partial charge is 0.256 e. The summed E-state index contributed by atoms with van der Waals surface area (Å²) in [5.74, 6) is 0.971. The van der Waals surface area contributed by atoms with Gasteiger partial charge in [-0.3, -0.25) is 9.25 Å². The van der Waals surface area contributed by atoms with Crippen molar-refractivity contribution < 1.29 is 14.6 Å². The average Bonchev–Trinajstić information content (AvgIpc) is 3.30. The van der Waals surface area contributed by atoms with Gasteiger partial charge < -0.3 is 14.6 Å². The van der Waals surface area contributed by atoms with Gasteiger partial charge in [0, 0.05) is 17.5 Å². The number of nitrogens with zero attached hydrogens (tertiary/aromatic N) is 6. The second-order valence-electron chi connectivity index (χ2n) is 6.33. The molecule has 0 radical (unpaired) electrons. The first-order valence-corrected chi connectivity index (χ1v) is 8.76. The van der Waals surface area contributed by atoms with Crippen LogP contribution in [0.3, 0.4) is 0 Å². The summed E-state index contributed by atoms with van der Waals surface area (Å²) in [5.41, 5.74) is 3.51. The van der Waals surface area contributed by atoms with Crippen LogP contribution in [0.1, 0.15) is 5.69 Å². The van der Waals surface area contributed by atoms with Crippen molar-refractivity contribution in [1.29, 1.82) is 5.26 Å². The summed E-state index contributed by atoms with van der Waals surface area (Å²) in [5, 5.41) is 24.3. The highest BCUT2D eigenvalue weighted by atomic mass is 16.5. The quantitative estimate of drug-likeness (QED) is 0.558. The number of nitriles is 1. The number of ether oxygens (including phenoxy) is 2. The van der Waals surface area contributed by atoms with Crippen molar-refractivity contribution in [2.75, 3.05) is 14.2 Å². The van der Waals surface area contributed by atoms with E-state index in [0.29, 0.717) is 33.9 Å². The van der Waals surface area contributed by atoms with Crippen LogP contribution in [-0.4, -0.2) is 43.6 Å². The predicted molar refractivity (Wildman–Crippen MR) is 105 cm³/mol. The Hall–Kier alpha value is -4.06. The Bertz CT molecular complexity index is 1250. The number of hydrogen-bond donors (Lipinski definition) is 1. The minimum absolute atomic E-state index is 0.0681. The molecule has 0 aliphatic rings. The molecule has 0 unspecified atom stereocenters. The lowest BCUT2D eigenvalue weighted by Crippen LogP contribution is -1.96. The third-order valence-electron chi connectivity index (χ3n) is 4.66. The van der Waals surface area contributed by atoms with Crippen molar-refractivity contribution in [3.05, 3.63) is 42.5 Å². The Kier molecular flexibility index (Phi) is 4.52. The van der Waals surface area contributed by atoms with Gasteiger partial charge in [-0.2, -0.15) is 10.4 Å². The molecule has 0 aliphatic heterocycles. The molecule has 146 valence electrons. The van der Waals surface area contributed by atoms with Gasteiger partial charge in [-0.15, -0.1) is 0 Å². The highest BCUT2D eigenvalue weighted by Gasteiger charge is 2.18. The zero-order chi connectivity index (χ0) is 20.5. The molecule has 0 fully saturated rings. The standard InChI is InChI=1S/C20H18N6O3/c1-12-18-15(20(27)26(12)14-10-23-25(11-14)7-6-21)4-5-16(24-18)13-8-17(28-2)19(29-3)22-9-13/h4-5,8-11,27H,7H2,1-3H3. The minimum Gasteiger partial charge on any atom is -0.494 e. The van der Waals surface area contributed by atoms with Crippen LogP contribution in [0.4, 0.5) is 0 Å². The fraction of sp³-hybridized carbons (Fsp3) is 0.200. The van der Waals surface area contributed by atoms with Gasteiger partial charge in [0.05, 0.1) is 55.0 Å². The first-order chi connectivity index (χ1) is 14.1. The molecule has 4 rings (SSSR count). The minimum atomic E-state index is 0.0681. The molecular formula is C20H18N6O3. The van der Waals surface area contributed by atoms with Crippen LogP contribution in [0.15, 0.2) is 36.8 Å². The van der Waals surface area contributed by atoms with Crippen molar-refractivity contribution in [2.24, 2.45) is 0 Å². The van der Waals surface area contributed by atoms with E-state index >= 15 is 0 Å². The summed E-state index contributed by atoms with van der Waals surface area (Å²) in [6.45, 7) is 2.00. The van der Waals surface area contributed by atoms with Gasteiger partial charge in [0.25, 0.3) is 5.88 Å². The van der Waals surface area contributed by atoms with E-state index in [9.17, 15) is 5.11 Å². The summed E-state index contributed by atoms with van der Waals surface area (Å²) in [6, 6.07) is 7.47. The van der Waals surface area contributed by atoms with E-state index in [1.807, 2.05) is 25.1 Å². The molecule has 29 heavy (non-hydrogen) atoms. The molecule has 4 heterocycles. The second kappa shape index (κ2) is 7.16. The van der Waals surface area contributed by atoms with Gasteiger partial charge in [-0.05, 0) is 25.1 Å². The number of aromatic hydroxyl groups is 1. The van der Waals surface area contributed by atoms with E-state index in [4.69, 9.17) is 19.7 Å². The number of rotatable bonds is 5. The van der Waals surface area contributed by atoms with E-state index in [1.165, 1.54) is 11.8 Å². The maximum Gasteiger partial charge on any atom is 0.256 e. The molecule has 9 heteroatoms. The third-order valence-corrected chi connectivity index (χ3v) is 4.66. The monoisotopic (exact) mass is 390 g/mol. The van der Waals surface area contributed by atoms with Crippen LogP contribution in [-0.2, 0) is 6.54 Å². The van der Waals surface area contributed by atoms with Gasteiger partial charge >= 0.3 is 0 Å². The lowest BCUT2D eigenvalue weighted by Gasteiger charge is -2.08. The molecule has 0 saturated carbocycles. The molecule has 4 aromatic heterocycles. The summed E-state index contributed by atoms with van der Waals surface area (Å²) in [4.78, 5) is 8.99. The van der Waals surface area contributed by atoms with Gasteiger partial charge in [0.1, 0.15) is 6.54 Å². The number of fused-ring (bicyclic) bond motifs is 1. The lowest BCUT2D eigenvalue weighted by molar-refractivity contribution is 0.343. The van der Waals surface area contributed by atoms with Gasteiger partial charge in [-0.25, -0.2) is 9.97 Å². The second-order valence-corrected chi connectivity index (χ2v) is 6.33. The highest BCUT2D eigenvalue weighted by Crippen LogP contribution is 2.35. The van der Waals surface area contributed by atoms with E-state index < -0.39 is 0 Å². The number of aryl methyl sites for hydroxylation is 1. The Morgan fingerprint density at radius 2 is 2.03 bits per heavy atom. The molecule has 9 nitrogen and oxygen atoms in total. The van der Waals surface area contributed by atoms with Gasteiger partial charge in [-0.1, -0.05) is 0 Å². The van der Waals surface area contributed by atoms with Crippen molar-refractivity contribution >= 4 is 10.9 Å². The largest absolute Gasteiger partial charge is 0.494 e. The molecule has 0 bridgehead atoms. The summed E-state index contributed by atoms with van der Waals surface area (Å²) in [6.07, 6.45) is 4.96. The number of methoxy groups -OCH3 is 2. The topological polar surface area (TPSA) is 111 Å². The normalized spacial score (nSPS) is 10.8. The number of aromatic nitrogens is 5. The van der Waals surface area contributed by atoms with Crippen LogP contribution in [0, 0.1) is 18.3 Å². The predicted octanol–water partition coefficient (Wildman–Crippen LogP) is 2.84. The van der Waals surface area contributed by atoms with Crippen molar-refractivity contribution in [3.8, 4) is 40.5 Å². The maximum atomic E-state index is 10.7. The Morgan fingerprint density at radius 1 is 1.21 bits per heavy atom. The summed E-state index contributed by atoms with van der Waals surface area (Å²) < 4.78 is 13.7. The molecule has 0 spiro atoms. The van der Waals surface area contributed by atoms with Crippen LogP contribution in [0.2, 0.25) is 0 Å². The Labute approximate surface area is 166 Å². The maximum absolute atomic E-state index is 10.7. The molecule has 4 aromatic rings. The first kappa shape index (κ1) is 18.3. The van der Waals surface area contributed by atoms with E-state index in [-0.39, 0.29) is 12.4 Å². The van der Waals surface area contributed by atoms with E-state index in [1.54, 1.807) is 36.3 Å². The fourth-order valence-corrected chi connectivity index (χ4v) is 3.28. The van der Waals surface area contributed by atoms with Crippen LogP contribution in [0.25, 0.3) is 27.8 Å². The van der Waals surface area contributed by atoms with Crippen molar-refractivity contribution in [2.45, 2.75) is 13.5 Å². The zero-order valence-corrected chi connectivity index (χ0v) is 16.1. The SMILES string of the molecule is COc1cc(-c2ccc3c(O)n(-c4cnn(CC#N)c4)c(C)c3n2)cnc1OC. The first-order valence-electron chi connectivity index (χ1n) is 8.76. The van der Waals surface area contributed by atoms with E-state index in [0.717, 1.165) is 11.3 Å². The van der Waals surface area contributed by atoms with E-state index in [2.05, 4.69) is 10.1 Å². The molecule has 0 aliphatic carbocycles. The van der Waals surface area contributed by atoms with Gasteiger partial charge in [0.15, 0.2) is 5.75 Å². The fourth-order valence-electron chi connectivity index (χ4n) is 3.28. The average molecular weight is 390 g/mol. The lowest BCUT2D eigenvalue weighted by atomic mass is 10.1. The van der Waals surface area contributed by atoms with Crippen molar-refractivity contribution in [1.82, 2.24) is 24.3 Å². The third kappa shape index (κ3) is 3.00. The molecular weight excluding hydrogens is 372 g/mol. The molecule has 1 N–H and O–H groups in total. The van der Waals surface area contributed by atoms with Gasteiger partial charge in [0.2, 0.25) is 5.88 Å². The zero-order valence-electron chi connectivity index (χ0n) is 16.1. The van der Waals surface area contributed by atoms with Crippen molar-refractivity contribution in [3.63, 3.8) is 0 Å². The number of pyridine rings is 2.